The monoisotopic (exact) mass is 265 g/mol. The number of aromatic nitrogens is 2. The molecular weight excluding hydrogens is 238 g/mol. The van der Waals surface area contributed by atoms with Gasteiger partial charge in [0.15, 0.2) is 0 Å². The molecule has 0 aliphatic rings. The predicted octanol–water partition coefficient (Wildman–Crippen LogP) is 1.99. The Kier molecular flexibility index (Phi) is 6.56. The summed E-state index contributed by atoms with van der Waals surface area (Å²) in [6, 6.07) is 0. The van der Waals surface area contributed by atoms with Crippen molar-refractivity contribution in [2.45, 2.75) is 26.7 Å². The molecule has 108 valence electrons. The molecule has 0 amide bonds. The highest BCUT2D eigenvalue weighted by molar-refractivity contribution is 5.57. The highest BCUT2D eigenvalue weighted by Gasteiger charge is 2.10. The van der Waals surface area contributed by atoms with Gasteiger partial charge in [0.05, 0.1) is 0 Å². The van der Waals surface area contributed by atoms with Crippen LogP contribution in [0.5, 0.6) is 0 Å². The molecule has 5 heteroatoms. The third kappa shape index (κ3) is 5.03. The van der Waals surface area contributed by atoms with Crippen LogP contribution < -0.4 is 10.2 Å². The smallest absolute Gasteiger partial charge is 0.136 e. The van der Waals surface area contributed by atoms with E-state index in [-0.39, 0.29) is 0 Å². The normalized spacial score (nSPS) is 10.8. The van der Waals surface area contributed by atoms with E-state index >= 15 is 0 Å². The van der Waals surface area contributed by atoms with Crippen molar-refractivity contribution in [1.82, 2.24) is 14.9 Å². The van der Waals surface area contributed by atoms with E-state index in [9.17, 15) is 0 Å². The van der Waals surface area contributed by atoms with E-state index in [0.717, 1.165) is 49.7 Å². The van der Waals surface area contributed by atoms with Gasteiger partial charge in [0, 0.05) is 25.7 Å². The molecule has 0 radical (unpaired) electrons. The second kappa shape index (κ2) is 7.94. The van der Waals surface area contributed by atoms with Crippen LogP contribution in [0.2, 0.25) is 0 Å². The van der Waals surface area contributed by atoms with Crippen molar-refractivity contribution in [3.8, 4) is 0 Å². The molecular formula is C14H27N5. The summed E-state index contributed by atoms with van der Waals surface area (Å²) < 4.78 is 0. The van der Waals surface area contributed by atoms with Crippen LogP contribution in [0.1, 0.15) is 25.3 Å². The Balaban J connectivity index is 2.65. The van der Waals surface area contributed by atoms with Crippen molar-refractivity contribution in [3.05, 3.63) is 11.9 Å². The van der Waals surface area contributed by atoms with Gasteiger partial charge in [-0.05, 0) is 40.4 Å². The Bertz CT molecular complexity index is 378. The molecule has 1 heterocycles. The first-order valence-corrected chi connectivity index (χ1v) is 6.97. The van der Waals surface area contributed by atoms with Crippen LogP contribution in [0, 0.1) is 6.92 Å². The Morgan fingerprint density at radius 2 is 1.89 bits per heavy atom. The summed E-state index contributed by atoms with van der Waals surface area (Å²) in [6.45, 7) is 7.27. The summed E-state index contributed by atoms with van der Waals surface area (Å²) in [6.07, 6.45) is 3.87. The third-order valence-corrected chi connectivity index (χ3v) is 3.06. The van der Waals surface area contributed by atoms with Gasteiger partial charge in [-0.3, -0.25) is 0 Å². The zero-order valence-electron chi connectivity index (χ0n) is 12.9. The molecule has 0 saturated carbocycles. The average Bonchev–Trinajstić information content (AvgIpc) is 2.37. The number of nitrogens with zero attached hydrogens (tertiary/aromatic N) is 4. The molecule has 1 aromatic rings. The number of hydrogen-bond donors (Lipinski definition) is 1. The largest absolute Gasteiger partial charge is 0.370 e. The number of rotatable bonds is 8. The topological polar surface area (TPSA) is 44.3 Å². The lowest BCUT2D eigenvalue weighted by molar-refractivity contribution is 0.401. The van der Waals surface area contributed by atoms with Gasteiger partial charge in [-0.1, -0.05) is 6.92 Å². The molecule has 1 N–H and O–H groups in total. The van der Waals surface area contributed by atoms with Crippen molar-refractivity contribution in [2.75, 3.05) is 51.0 Å². The maximum atomic E-state index is 4.41. The van der Waals surface area contributed by atoms with Crippen LogP contribution in [0.4, 0.5) is 11.6 Å². The van der Waals surface area contributed by atoms with E-state index in [1.165, 1.54) is 0 Å². The second-order valence-electron chi connectivity index (χ2n) is 5.18. The molecule has 1 aromatic heterocycles. The lowest BCUT2D eigenvalue weighted by atomic mass is 10.2. The summed E-state index contributed by atoms with van der Waals surface area (Å²) in [5, 5.41) is 3.35. The van der Waals surface area contributed by atoms with Gasteiger partial charge in [0.25, 0.3) is 0 Å². The van der Waals surface area contributed by atoms with E-state index in [2.05, 4.69) is 60.1 Å². The zero-order valence-corrected chi connectivity index (χ0v) is 12.9. The van der Waals surface area contributed by atoms with Crippen LogP contribution in [0.25, 0.3) is 0 Å². The van der Waals surface area contributed by atoms with Gasteiger partial charge in [-0.25, -0.2) is 9.97 Å². The van der Waals surface area contributed by atoms with E-state index in [0.29, 0.717) is 0 Å². The van der Waals surface area contributed by atoms with E-state index < -0.39 is 0 Å². The zero-order chi connectivity index (χ0) is 14.3. The van der Waals surface area contributed by atoms with E-state index in [1.54, 1.807) is 6.33 Å². The highest BCUT2D eigenvalue weighted by Crippen LogP contribution is 2.21. The highest BCUT2D eigenvalue weighted by atomic mass is 15.2. The van der Waals surface area contributed by atoms with Crippen LogP contribution in [0.15, 0.2) is 6.33 Å². The Morgan fingerprint density at radius 1 is 1.16 bits per heavy atom. The van der Waals surface area contributed by atoms with Gasteiger partial charge in [0.2, 0.25) is 0 Å². The molecule has 0 spiro atoms. The Morgan fingerprint density at radius 3 is 2.53 bits per heavy atom. The molecule has 0 aliphatic carbocycles. The van der Waals surface area contributed by atoms with Gasteiger partial charge < -0.3 is 15.1 Å². The summed E-state index contributed by atoms with van der Waals surface area (Å²) in [7, 11) is 6.29. The third-order valence-electron chi connectivity index (χ3n) is 3.06. The molecule has 0 atom stereocenters. The second-order valence-corrected chi connectivity index (χ2v) is 5.18. The molecule has 19 heavy (non-hydrogen) atoms. The van der Waals surface area contributed by atoms with Gasteiger partial charge in [0.1, 0.15) is 18.0 Å². The number of anilines is 2. The molecule has 0 aromatic carbocycles. The maximum Gasteiger partial charge on any atom is 0.136 e. The fourth-order valence-corrected chi connectivity index (χ4v) is 1.98. The van der Waals surface area contributed by atoms with Gasteiger partial charge in [-0.2, -0.15) is 0 Å². The fourth-order valence-electron chi connectivity index (χ4n) is 1.98. The van der Waals surface area contributed by atoms with Crippen molar-refractivity contribution < 1.29 is 0 Å². The van der Waals surface area contributed by atoms with Crippen LogP contribution in [-0.4, -0.2) is 55.6 Å². The summed E-state index contributed by atoms with van der Waals surface area (Å²) >= 11 is 0. The minimum Gasteiger partial charge on any atom is -0.370 e. The number of hydrogen-bond acceptors (Lipinski definition) is 5. The van der Waals surface area contributed by atoms with Crippen molar-refractivity contribution in [1.29, 1.82) is 0 Å². The maximum absolute atomic E-state index is 4.41. The van der Waals surface area contributed by atoms with Gasteiger partial charge in [-0.15, -0.1) is 0 Å². The summed E-state index contributed by atoms with van der Waals surface area (Å²) in [4.78, 5) is 13.1. The Labute approximate surface area is 117 Å². The van der Waals surface area contributed by atoms with E-state index in [1.807, 2.05) is 0 Å². The fraction of sp³-hybridized carbons (Fsp3) is 0.714. The minimum absolute atomic E-state index is 0.946. The van der Waals surface area contributed by atoms with Crippen molar-refractivity contribution in [2.24, 2.45) is 0 Å². The Hall–Kier alpha value is -1.36. The van der Waals surface area contributed by atoms with Crippen molar-refractivity contribution in [3.63, 3.8) is 0 Å². The SMILES string of the molecule is CCCNc1ncnc(N(C)CCCN(C)C)c1C. The molecule has 5 nitrogen and oxygen atoms in total. The lowest BCUT2D eigenvalue weighted by Gasteiger charge is -2.22. The number of nitrogens with one attached hydrogen (secondary N) is 1. The van der Waals surface area contributed by atoms with E-state index in [4.69, 9.17) is 0 Å². The first kappa shape index (κ1) is 15.7. The summed E-state index contributed by atoms with van der Waals surface area (Å²) in [5.74, 6) is 1.97. The predicted molar refractivity (Wildman–Crippen MR) is 82.0 cm³/mol. The van der Waals surface area contributed by atoms with Gasteiger partial charge >= 0.3 is 0 Å². The van der Waals surface area contributed by atoms with Crippen LogP contribution in [0.3, 0.4) is 0 Å². The first-order valence-electron chi connectivity index (χ1n) is 6.97. The molecule has 0 unspecified atom stereocenters. The minimum atomic E-state index is 0.946. The molecule has 0 saturated heterocycles. The molecule has 0 fully saturated rings. The van der Waals surface area contributed by atoms with Crippen LogP contribution >= 0.6 is 0 Å². The standard InChI is InChI=1S/C14H27N5/c1-6-8-15-13-12(2)14(17-11-16-13)19(5)10-7-9-18(3)4/h11H,6-10H2,1-5H3,(H,15,16,17). The molecule has 0 bridgehead atoms. The van der Waals surface area contributed by atoms with Crippen LogP contribution in [-0.2, 0) is 0 Å². The first-order chi connectivity index (χ1) is 9.06. The summed E-state index contributed by atoms with van der Waals surface area (Å²) in [5.41, 5.74) is 1.13. The quantitative estimate of drug-likeness (QED) is 0.779. The van der Waals surface area contributed by atoms with Crippen molar-refractivity contribution >= 4 is 11.6 Å². The average molecular weight is 265 g/mol. The molecule has 0 aliphatic heterocycles. The molecule has 1 rings (SSSR count). The lowest BCUT2D eigenvalue weighted by Crippen LogP contribution is -2.25.